The van der Waals surface area contributed by atoms with Gasteiger partial charge in [0.2, 0.25) is 5.91 Å². The van der Waals surface area contributed by atoms with Crippen LogP contribution in [0.25, 0.3) is 0 Å². The molecule has 138 valence electrons. The Morgan fingerprint density at radius 3 is 2.50 bits per heavy atom. The highest BCUT2D eigenvalue weighted by atomic mass is 35.5. The first-order valence-electron chi connectivity index (χ1n) is 8.37. The van der Waals surface area contributed by atoms with E-state index in [-0.39, 0.29) is 19.0 Å². The number of benzene rings is 2. The molecule has 1 atom stereocenters. The van der Waals surface area contributed by atoms with E-state index in [9.17, 15) is 9.59 Å². The Morgan fingerprint density at radius 1 is 1.15 bits per heavy atom. The zero-order valence-corrected chi connectivity index (χ0v) is 15.7. The lowest BCUT2D eigenvalue weighted by molar-refractivity contribution is -0.134. The number of aryl methyl sites for hydroxylation is 1. The SMILES string of the molecule is Cc1c(NCC(=O)O)ccc(C2CCc3cc(C(N)=O)ccc32)c1C.Cl. The number of primary amides is 1. The van der Waals surface area contributed by atoms with Crippen molar-refractivity contribution in [1.29, 1.82) is 0 Å². The lowest BCUT2D eigenvalue weighted by Gasteiger charge is -2.19. The maximum Gasteiger partial charge on any atom is 0.322 e. The first-order chi connectivity index (χ1) is 11.9. The van der Waals surface area contributed by atoms with E-state index in [4.69, 9.17) is 10.8 Å². The van der Waals surface area contributed by atoms with Gasteiger partial charge in [-0.15, -0.1) is 12.4 Å². The molecule has 0 saturated carbocycles. The molecule has 0 aromatic heterocycles. The van der Waals surface area contributed by atoms with Crippen molar-refractivity contribution < 1.29 is 14.7 Å². The minimum absolute atomic E-state index is 0. The first-order valence-corrected chi connectivity index (χ1v) is 8.37. The topological polar surface area (TPSA) is 92.4 Å². The van der Waals surface area contributed by atoms with Gasteiger partial charge < -0.3 is 16.2 Å². The van der Waals surface area contributed by atoms with Gasteiger partial charge in [-0.25, -0.2) is 0 Å². The molecule has 2 aromatic carbocycles. The standard InChI is InChI=1S/C20H22N2O3.ClH/c1-11-12(2)18(22-10-19(23)24)8-7-15(11)17-6-3-13-9-14(20(21)25)4-5-16(13)17;/h4-5,7-9,17,22H,3,6,10H2,1-2H3,(H2,21,25)(H,23,24);1H. The third kappa shape index (κ3) is 3.68. The first kappa shape index (κ1) is 19.8. The lowest BCUT2D eigenvalue weighted by Crippen LogP contribution is -2.14. The summed E-state index contributed by atoms with van der Waals surface area (Å²) in [6, 6.07) is 9.75. The molecular weight excluding hydrogens is 352 g/mol. The molecule has 1 amide bonds. The second kappa shape index (κ2) is 7.79. The zero-order chi connectivity index (χ0) is 18.1. The average Bonchev–Trinajstić information content (AvgIpc) is 2.99. The van der Waals surface area contributed by atoms with Gasteiger partial charge in [0, 0.05) is 17.2 Å². The predicted molar refractivity (Wildman–Crippen MR) is 104 cm³/mol. The maximum atomic E-state index is 11.4. The van der Waals surface area contributed by atoms with Gasteiger partial charge in [0.05, 0.1) is 0 Å². The molecule has 3 rings (SSSR count). The normalized spacial score (nSPS) is 15.1. The number of fused-ring (bicyclic) bond motifs is 1. The second-order valence-electron chi connectivity index (χ2n) is 6.57. The van der Waals surface area contributed by atoms with Crippen LogP contribution in [0, 0.1) is 13.8 Å². The van der Waals surface area contributed by atoms with Gasteiger partial charge >= 0.3 is 5.97 Å². The van der Waals surface area contributed by atoms with Gasteiger partial charge in [0.25, 0.3) is 0 Å². The number of rotatable bonds is 5. The Hall–Kier alpha value is -2.53. The number of halogens is 1. The minimum Gasteiger partial charge on any atom is -0.480 e. The molecular formula is C20H23ClN2O3. The molecule has 0 aliphatic heterocycles. The molecule has 1 aliphatic carbocycles. The summed E-state index contributed by atoms with van der Waals surface area (Å²) in [7, 11) is 0. The Labute approximate surface area is 159 Å². The number of hydrogen-bond acceptors (Lipinski definition) is 3. The molecule has 1 unspecified atom stereocenters. The van der Waals surface area contributed by atoms with E-state index in [1.54, 1.807) is 6.07 Å². The molecule has 0 radical (unpaired) electrons. The number of carbonyl (C=O) groups is 2. The van der Waals surface area contributed by atoms with E-state index in [0.29, 0.717) is 11.5 Å². The van der Waals surface area contributed by atoms with Crippen LogP contribution in [0.3, 0.4) is 0 Å². The maximum absolute atomic E-state index is 11.4. The molecule has 2 aromatic rings. The summed E-state index contributed by atoms with van der Waals surface area (Å²) in [6.07, 6.45) is 1.93. The van der Waals surface area contributed by atoms with E-state index in [0.717, 1.165) is 24.1 Å². The minimum atomic E-state index is -0.879. The zero-order valence-electron chi connectivity index (χ0n) is 14.8. The van der Waals surface area contributed by atoms with Gasteiger partial charge in [-0.3, -0.25) is 9.59 Å². The highest BCUT2D eigenvalue weighted by Crippen LogP contribution is 2.41. The fourth-order valence-corrected chi connectivity index (χ4v) is 3.68. The Balaban J connectivity index is 0.00000243. The van der Waals surface area contributed by atoms with Crippen molar-refractivity contribution in [2.45, 2.75) is 32.6 Å². The lowest BCUT2D eigenvalue weighted by atomic mass is 9.87. The second-order valence-corrected chi connectivity index (χ2v) is 6.57. The van der Waals surface area contributed by atoms with Crippen LogP contribution in [0.2, 0.25) is 0 Å². The number of nitrogens with one attached hydrogen (secondary N) is 1. The smallest absolute Gasteiger partial charge is 0.322 e. The third-order valence-electron chi connectivity index (χ3n) is 5.14. The van der Waals surface area contributed by atoms with E-state index >= 15 is 0 Å². The molecule has 1 aliphatic rings. The van der Waals surface area contributed by atoms with Crippen molar-refractivity contribution in [3.8, 4) is 0 Å². The number of nitrogens with two attached hydrogens (primary N) is 1. The summed E-state index contributed by atoms with van der Waals surface area (Å²) < 4.78 is 0. The third-order valence-corrected chi connectivity index (χ3v) is 5.14. The van der Waals surface area contributed by atoms with E-state index < -0.39 is 11.9 Å². The molecule has 26 heavy (non-hydrogen) atoms. The number of amides is 1. The van der Waals surface area contributed by atoms with Crippen molar-refractivity contribution in [1.82, 2.24) is 0 Å². The number of carbonyl (C=O) groups excluding carboxylic acids is 1. The number of aliphatic carboxylic acids is 1. The van der Waals surface area contributed by atoms with Crippen molar-refractivity contribution in [3.05, 3.63) is 63.7 Å². The quantitative estimate of drug-likeness (QED) is 0.747. The molecule has 0 fully saturated rings. The van der Waals surface area contributed by atoms with Crippen LogP contribution < -0.4 is 11.1 Å². The van der Waals surface area contributed by atoms with Gasteiger partial charge in [-0.2, -0.15) is 0 Å². The van der Waals surface area contributed by atoms with Gasteiger partial charge in [0.15, 0.2) is 0 Å². The number of anilines is 1. The highest BCUT2D eigenvalue weighted by molar-refractivity contribution is 5.93. The van der Waals surface area contributed by atoms with Crippen LogP contribution in [-0.4, -0.2) is 23.5 Å². The number of hydrogen-bond donors (Lipinski definition) is 3. The van der Waals surface area contributed by atoms with Gasteiger partial charge in [0.1, 0.15) is 6.54 Å². The number of carboxylic acids is 1. The molecule has 5 nitrogen and oxygen atoms in total. The highest BCUT2D eigenvalue weighted by Gasteiger charge is 2.26. The largest absolute Gasteiger partial charge is 0.480 e. The number of carboxylic acid groups (broad SMARTS) is 1. The molecule has 0 heterocycles. The van der Waals surface area contributed by atoms with Gasteiger partial charge in [-0.05, 0) is 72.7 Å². The average molecular weight is 375 g/mol. The molecule has 4 N–H and O–H groups in total. The van der Waals surface area contributed by atoms with Crippen molar-refractivity contribution in [3.63, 3.8) is 0 Å². The van der Waals surface area contributed by atoms with E-state index in [2.05, 4.69) is 18.3 Å². The van der Waals surface area contributed by atoms with Crippen LogP contribution in [0.1, 0.15) is 50.5 Å². The van der Waals surface area contributed by atoms with Crippen molar-refractivity contribution in [2.75, 3.05) is 11.9 Å². The molecule has 0 spiro atoms. The summed E-state index contributed by atoms with van der Waals surface area (Å²) in [5, 5.41) is 11.8. The van der Waals surface area contributed by atoms with Crippen LogP contribution in [0.4, 0.5) is 5.69 Å². The molecule has 6 heteroatoms. The van der Waals surface area contributed by atoms with Crippen molar-refractivity contribution in [2.24, 2.45) is 5.73 Å². The van der Waals surface area contributed by atoms with E-state index in [1.165, 1.54) is 22.3 Å². The van der Waals surface area contributed by atoms with Crippen LogP contribution in [0.5, 0.6) is 0 Å². The van der Waals surface area contributed by atoms with Crippen LogP contribution >= 0.6 is 12.4 Å². The summed E-state index contributed by atoms with van der Waals surface area (Å²) in [6.45, 7) is 3.99. The van der Waals surface area contributed by atoms with E-state index in [1.807, 2.05) is 25.1 Å². The monoisotopic (exact) mass is 374 g/mol. The van der Waals surface area contributed by atoms with Crippen LogP contribution in [-0.2, 0) is 11.2 Å². The fraction of sp³-hybridized carbons (Fsp3) is 0.300. The summed E-state index contributed by atoms with van der Waals surface area (Å²) in [5.41, 5.74) is 12.7. The molecule has 0 bridgehead atoms. The van der Waals surface area contributed by atoms with Gasteiger partial charge in [-0.1, -0.05) is 12.1 Å². The summed E-state index contributed by atoms with van der Waals surface area (Å²) in [4.78, 5) is 22.1. The Bertz CT molecular complexity index is 864. The Kier molecular flexibility index (Phi) is 5.93. The summed E-state index contributed by atoms with van der Waals surface area (Å²) in [5.74, 6) is -0.979. The van der Waals surface area contributed by atoms with Crippen LogP contribution in [0.15, 0.2) is 30.3 Å². The summed E-state index contributed by atoms with van der Waals surface area (Å²) >= 11 is 0. The predicted octanol–water partition coefficient (Wildman–Crippen LogP) is 3.40. The fourth-order valence-electron chi connectivity index (χ4n) is 3.68. The van der Waals surface area contributed by atoms with Crippen molar-refractivity contribution >= 4 is 30.0 Å². The Morgan fingerprint density at radius 2 is 1.85 bits per heavy atom. The molecule has 0 saturated heterocycles.